The zero-order chi connectivity index (χ0) is 17.5. The number of thiol groups is 3. The third-order valence-electron chi connectivity index (χ3n) is 7.82. The van der Waals surface area contributed by atoms with Crippen LogP contribution in [0.25, 0.3) is 0 Å². The number of ketones is 1. The molecule has 4 aliphatic carbocycles. The van der Waals surface area contributed by atoms with Crippen LogP contribution in [0.4, 0.5) is 0 Å². The molecule has 7 heteroatoms. The number of rotatable bonds is 1. The van der Waals surface area contributed by atoms with E-state index in [2.05, 4.69) is 9.24 Å². The first kappa shape index (κ1) is 18.6. The van der Waals surface area contributed by atoms with Gasteiger partial charge in [-0.05, 0) is 55.2 Å². The Hall–Kier alpha value is 1.20. The van der Waals surface area contributed by atoms with Crippen LogP contribution >= 0.6 is 59.3 Å². The molecule has 0 aromatic rings. The largest absolute Gasteiger partial charge is 0.391 e. The molecule has 0 aromatic heterocycles. The highest BCUT2D eigenvalue weighted by Crippen LogP contribution is 2.76. The van der Waals surface area contributed by atoms with E-state index in [1.165, 1.54) is 0 Å². The van der Waals surface area contributed by atoms with Gasteiger partial charge in [-0.3, -0.25) is 4.79 Å². The van der Waals surface area contributed by atoms with Crippen molar-refractivity contribution in [3.63, 3.8) is 0 Å². The van der Waals surface area contributed by atoms with Crippen molar-refractivity contribution in [3.05, 3.63) is 0 Å². The summed E-state index contributed by atoms with van der Waals surface area (Å²) >= 11 is 20.2. The van der Waals surface area contributed by atoms with Gasteiger partial charge in [0, 0.05) is 27.5 Å². The number of aliphatic hydroxyl groups excluding tert-OH is 1. The molecular formula is C17H25O2PS4. The van der Waals surface area contributed by atoms with Crippen molar-refractivity contribution < 1.29 is 9.90 Å². The summed E-state index contributed by atoms with van der Waals surface area (Å²) in [6.45, 7) is 0. The normalized spacial score (nSPS) is 59.6. The van der Waals surface area contributed by atoms with E-state index in [1.54, 1.807) is 5.37 Å². The van der Waals surface area contributed by atoms with Gasteiger partial charge in [0.15, 0.2) is 0 Å². The first-order valence-electron chi connectivity index (χ1n) is 8.72. The van der Waals surface area contributed by atoms with E-state index in [0.717, 1.165) is 32.1 Å². The Morgan fingerprint density at radius 3 is 2.58 bits per heavy atom. The highest BCUT2D eigenvalue weighted by molar-refractivity contribution is 7.86. The topological polar surface area (TPSA) is 37.3 Å². The maximum atomic E-state index is 13.0. The molecule has 1 N–H and O–H groups in total. The van der Waals surface area contributed by atoms with E-state index in [4.69, 9.17) is 50.1 Å². The molecule has 0 spiro atoms. The van der Waals surface area contributed by atoms with E-state index in [-0.39, 0.29) is 32.4 Å². The van der Waals surface area contributed by atoms with Gasteiger partial charge >= 0.3 is 0 Å². The Bertz CT molecular complexity index is 617. The molecule has 0 radical (unpaired) electrons. The minimum Gasteiger partial charge on any atom is -0.391 e. The van der Waals surface area contributed by atoms with E-state index >= 15 is 0 Å². The van der Waals surface area contributed by atoms with Crippen LogP contribution in [0.3, 0.4) is 0 Å². The fraction of sp³-hybridized carbons (Fsp3) is 0.882. The minimum atomic E-state index is -0.694. The fourth-order valence-electron chi connectivity index (χ4n) is 6.62. The number of thiocarbonyl (C=S) groups is 1. The molecule has 2 bridgehead atoms. The Labute approximate surface area is 168 Å². The molecule has 0 aromatic carbocycles. The zero-order valence-corrected chi connectivity index (χ0v) is 18.2. The van der Waals surface area contributed by atoms with Crippen LogP contribution in [0.5, 0.6) is 0 Å². The van der Waals surface area contributed by atoms with Gasteiger partial charge in [0.05, 0.1) is 10.9 Å². The molecule has 134 valence electrons. The highest BCUT2D eigenvalue weighted by atomic mass is 32.1. The van der Waals surface area contributed by atoms with E-state index in [9.17, 15) is 9.90 Å². The SMILES string of the molecule is O=C1CCC23CCC14CC(S)[C@@](S)(CC[C@@](S)(C=S)C(O)[C@@H]2P)C43. The van der Waals surface area contributed by atoms with Crippen LogP contribution in [0.1, 0.15) is 44.9 Å². The molecule has 2 nitrogen and oxygen atoms in total. The summed E-state index contributed by atoms with van der Waals surface area (Å²) in [5, 5.41) is 12.9. The number of hydrogen-bond acceptors (Lipinski definition) is 6. The van der Waals surface area contributed by atoms with Crippen molar-refractivity contribution in [1.82, 2.24) is 0 Å². The van der Waals surface area contributed by atoms with E-state index in [1.807, 2.05) is 0 Å². The maximum Gasteiger partial charge on any atom is 0.139 e. The number of hydrogen-bond donors (Lipinski definition) is 4. The van der Waals surface area contributed by atoms with Gasteiger partial charge in [-0.25, -0.2) is 0 Å². The van der Waals surface area contributed by atoms with Crippen LogP contribution in [-0.4, -0.2) is 42.8 Å². The molecule has 0 heterocycles. The second-order valence-electron chi connectivity index (χ2n) is 8.54. The zero-order valence-electron chi connectivity index (χ0n) is 13.5. The molecule has 0 amide bonds. The Balaban J connectivity index is 1.91. The Morgan fingerprint density at radius 2 is 1.92 bits per heavy atom. The van der Waals surface area contributed by atoms with Crippen LogP contribution in [0.15, 0.2) is 0 Å². The lowest BCUT2D eigenvalue weighted by Gasteiger charge is -2.56. The van der Waals surface area contributed by atoms with Gasteiger partial charge in [0.1, 0.15) is 5.78 Å². The molecule has 4 fully saturated rings. The Morgan fingerprint density at radius 1 is 1.21 bits per heavy atom. The summed E-state index contributed by atoms with van der Waals surface area (Å²) in [7, 11) is 2.90. The van der Waals surface area contributed by atoms with Crippen molar-refractivity contribution in [3.8, 4) is 0 Å². The highest BCUT2D eigenvalue weighted by Gasteiger charge is 2.75. The molecule has 0 aliphatic heterocycles. The summed E-state index contributed by atoms with van der Waals surface area (Å²) in [6.07, 6.45) is 5.03. The monoisotopic (exact) mass is 420 g/mol. The van der Waals surface area contributed by atoms with Crippen LogP contribution in [0.2, 0.25) is 0 Å². The second kappa shape index (κ2) is 5.61. The van der Waals surface area contributed by atoms with Gasteiger partial charge in [-0.1, -0.05) is 12.2 Å². The third kappa shape index (κ3) is 2.02. The molecule has 4 aliphatic rings. The van der Waals surface area contributed by atoms with Crippen LogP contribution in [-0.2, 0) is 4.79 Å². The predicted molar refractivity (Wildman–Crippen MR) is 115 cm³/mol. The van der Waals surface area contributed by atoms with E-state index < -0.39 is 10.9 Å². The lowest BCUT2D eigenvalue weighted by atomic mass is 9.55. The lowest BCUT2D eigenvalue weighted by Crippen LogP contribution is -2.61. The maximum absolute atomic E-state index is 13.0. The fourth-order valence-corrected chi connectivity index (χ4v) is 9.50. The quantitative estimate of drug-likeness (QED) is 0.299. The van der Waals surface area contributed by atoms with Gasteiger partial charge in [-0.15, -0.1) is 9.24 Å². The van der Waals surface area contributed by atoms with Gasteiger partial charge < -0.3 is 5.11 Å². The average Bonchev–Trinajstić information content (AvgIpc) is 2.97. The molecule has 6 unspecified atom stereocenters. The molecule has 4 saturated carbocycles. The number of carbonyl (C=O) groups is 1. The third-order valence-corrected chi connectivity index (χ3v) is 11.7. The first-order valence-corrected chi connectivity index (χ1v) is 11.3. The van der Waals surface area contributed by atoms with E-state index in [0.29, 0.717) is 18.6 Å². The smallest absolute Gasteiger partial charge is 0.139 e. The minimum absolute atomic E-state index is 0.0281. The summed E-state index contributed by atoms with van der Waals surface area (Å²) in [5.74, 6) is 0.611. The lowest BCUT2D eigenvalue weighted by molar-refractivity contribution is -0.137. The summed E-state index contributed by atoms with van der Waals surface area (Å²) < 4.78 is -0.989. The molecule has 24 heavy (non-hydrogen) atoms. The molecule has 4 rings (SSSR count). The molecule has 0 saturated heterocycles. The van der Waals surface area contributed by atoms with Gasteiger partial charge in [-0.2, -0.15) is 37.9 Å². The van der Waals surface area contributed by atoms with Crippen LogP contribution in [0, 0.1) is 16.7 Å². The first-order chi connectivity index (χ1) is 11.2. The Kier molecular flexibility index (Phi) is 4.34. The van der Waals surface area contributed by atoms with Crippen molar-refractivity contribution >= 4 is 70.5 Å². The molecular weight excluding hydrogens is 395 g/mol. The molecule has 9 atom stereocenters. The van der Waals surface area contributed by atoms with Crippen molar-refractivity contribution in [2.75, 3.05) is 0 Å². The van der Waals surface area contributed by atoms with Crippen LogP contribution < -0.4 is 0 Å². The van der Waals surface area contributed by atoms with Crippen molar-refractivity contribution in [2.24, 2.45) is 16.7 Å². The predicted octanol–water partition coefficient (Wildman–Crippen LogP) is 3.17. The van der Waals surface area contributed by atoms with Gasteiger partial charge in [0.2, 0.25) is 0 Å². The second-order valence-corrected chi connectivity index (χ2v) is 11.8. The summed E-state index contributed by atoms with van der Waals surface area (Å²) in [5.41, 5.74) is -0.376. The summed E-state index contributed by atoms with van der Waals surface area (Å²) in [4.78, 5) is 13.0. The summed E-state index contributed by atoms with van der Waals surface area (Å²) in [6, 6.07) is 0. The standard InChI is InChI=1S/C17H25O2PS4/c18-9-1-2-14-3-4-15(9)7-10(22)17(24,13(14)15)6-5-16(23,8-21)11(19)12(14)20/h8,10-13,19,22-24H,1-7,20H2/t10?,11?,12-,13?,14?,15?,16+,17-/m0/s1. The average molecular weight is 421 g/mol. The van der Waals surface area contributed by atoms with Crippen molar-refractivity contribution in [2.45, 2.75) is 71.5 Å². The number of carbonyl (C=O) groups excluding carboxylic acids is 1. The number of Topliss-reactive ketones (excluding diaryl/α,β-unsaturated/α-hetero) is 1. The van der Waals surface area contributed by atoms with Gasteiger partial charge in [0.25, 0.3) is 0 Å². The number of aliphatic hydroxyl groups is 1. The van der Waals surface area contributed by atoms with Crippen molar-refractivity contribution in [1.29, 1.82) is 0 Å².